The minimum atomic E-state index is -0.644. The van der Waals surface area contributed by atoms with Gasteiger partial charge in [-0.1, -0.05) is 11.6 Å². The Morgan fingerprint density at radius 3 is 2.63 bits per heavy atom. The smallest absolute Gasteiger partial charge is 0.254 e. The Kier molecular flexibility index (Phi) is 3.78. The molecular weight excluding hydrogens is 268 g/mol. The van der Waals surface area contributed by atoms with Crippen LogP contribution in [0.1, 0.15) is 16.8 Å². The molecular formula is C13H15ClN2O3. The van der Waals surface area contributed by atoms with Gasteiger partial charge in [-0.15, -0.1) is 0 Å². The third-order valence-corrected chi connectivity index (χ3v) is 3.32. The molecule has 1 fully saturated rings. The van der Waals surface area contributed by atoms with Gasteiger partial charge in [-0.3, -0.25) is 9.59 Å². The average molecular weight is 283 g/mol. The molecule has 0 aromatic heterocycles. The lowest BCUT2D eigenvalue weighted by Crippen LogP contribution is -2.26. The number of benzene rings is 1. The van der Waals surface area contributed by atoms with E-state index in [2.05, 4.69) is 0 Å². The van der Waals surface area contributed by atoms with Crippen LogP contribution in [-0.2, 0) is 4.79 Å². The summed E-state index contributed by atoms with van der Waals surface area (Å²) in [4.78, 5) is 26.4. The van der Waals surface area contributed by atoms with Crippen molar-refractivity contribution >= 4 is 29.1 Å². The van der Waals surface area contributed by atoms with Crippen molar-refractivity contribution in [3.8, 4) is 0 Å². The van der Waals surface area contributed by atoms with Crippen LogP contribution in [0.3, 0.4) is 0 Å². The summed E-state index contributed by atoms with van der Waals surface area (Å²) < 4.78 is 0. The Morgan fingerprint density at radius 1 is 1.47 bits per heavy atom. The normalized spacial score (nSPS) is 18.8. The Labute approximate surface area is 116 Å². The second-order valence-electron chi connectivity index (χ2n) is 4.73. The number of carbonyl (C=O) groups is 2. The van der Waals surface area contributed by atoms with Crippen LogP contribution < -0.4 is 4.90 Å². The second kappa shape index (κ2) is 5.19. The number of hydrogen-bond donors (Lipinski definition) is 1. The van der Waals surface area contributed by atoms with Gasteiger partial charge in [-0.05, 0) is 18.2 Å². The molecule has 1 heterocycles. The van der Waals surface area contributed by atoms with Gasteiger partial charge in [0.2, 0.25) is 5.91 Å². The van der Waals surface area contributed by atoms with E-state index < -0.39 is 6.10 Å². The van der Waals surface area contributed by atoms with Crippen molar-refractivity contribution in [2.75, 3.05) is 25.5 Å². The molecule has 0 saturated carbocycles. The highest BCUT2D eigenvalue weighted by atomic mass is 35.5. The first-order valence-corrected chi connectivity index (χ1v) is 6.27. The molecule has 0 aliphatic carbocycles. The Morgan fingerprint density at radius 2 is 2.16 bits per heavy atom. The van der Waals surface area contributed by atoms with E-state index in [9.17, 15) is 14.7 Å². The van der Waals surface area contributed by atoms with Crippen LogP contribution in [0.25, 0.3) is 0 Å². The number of hydrogen-bond acceptors (Lipinski definition) is 3. The largest absolute Gasteiger partial charge is 0.391 e. The SMILES string of the molecule is CN(C)C(=O)c1ccc(N2CC(O)CC2=O)cc1Cl. The zero-order valence-electron chi connectivity index (χ0n) is 10.8. The number of β-amino-alcohol motifs (C(OH)–C–C–N with tert-alkyl or cyclic N) is 1. The molecule has 1 aromatic rings. The first kappa shape index (κ1) is 13.8. The lowest BCUT2D eigenvalue weighted by molar-refractivity contribution is -0.117. The summed E-state index contributed by atoms with van der Waals surface area (Å²) in [6.07, 6.45) is -0.523. The number of carbonyl (C=O) groups excluding carboxylic acids is 2. The van der Waals surface area contributed by atoms with Crippen molar-refractivity contribution in [2.24, 2.45) is 0 Å². The van der Waals surface area contributed by atoms with Crippen LogP contribution in [0.5, 0.6) is 0 Å². The highest BCUT2D eigenvalue weighted by Crippen LogP contribution is 2.27. The van der Waals surface area contributed by atoms with Gasteiger partial charge in [0.05, 0.1) is 29.7 Å². The molecule has 1 N–H and O–H groups in total. The summed E-state index contributed by atoms with van der Waals surface area (Å²) in [6.45, 7) is 0.260. The molecule has 0 spiro atoms. The fraction of sp³-hybridized carbons (Fsp3) is 0.385. The molecule has 1 aliphatic rings. The summed E-state index contributed by atoms with van der Waals surface area (Å²) in [5.74, 6) is -0.334. The number of halogens is 1. The van der Waals surface area contributed by atoms with E-state index in [-0.39, 0.29) is 24.8 Å². The predicted molar refractivity (Wildman–Crippen MR) is 72.4 cm³/mol. The predicted octanol–water partition coefficient (Wildman–Crippen LogP) is 1.14. The van der Waals surface area contributed by atoms with Crippen molar-refractivity contribution in [2.45, 2.75) is 12.5 Å². The van der Waals surface area contributed by atoms with Crippen LogP contribution in [0, 0.1) is 0 Å². The van der Waals surface area contributed by atoms with Gasteiger partial charge in [-0.25, -0.2) is 0 Å². The molecule has 19 heavy (non-hydrogen) atoms. The molecule has 1 aliphatic heterocycles. The third kappa shape index (κ3) is 2.72. The Bertz CT molecular complexity index is 531. The molecule has 1 saturated heterocycles. The van der Waals surface area contributed by atoms with Crippen molar-refractivity contribution in [1.82, 2.24) is 4.90 Å². The number of amides is 2. The van der Waals surface area contributed by atoms with Crippen molar-refractivity contribution in [3.05, 3.63) is 28.8 Å². The zero-order valence-corrected chi connectivity index (χ0v) is 11.5. The maximum atomic E-state index is 11.8. The van der Waals surface area contributed by atoms with E-state index in [4.69, 9.17) is 11.6 Å². The highest BCUT2D eigenvalue weighted by molar-refractivity contribution is 6.34. The topological polar surface area (TPSA) is 60.9 Å². The summed E-state index contributed by atoms with van der Waals surface area (Å²) in [5, 5.41) is 9.76. The first-order valence-electron chi connectivity index (χ1n) is 5.89. The van der Waals surface area contributed by atoms with Crippen LogP contribution in [-0.4, -0.2) is 48.6 Å². The number of rotatable bonds is 2. The lowest BCUT2D eigenvalue weighted by atomic mass is 10.1. The van der Waals surface area contributed by atoms with Gasteiger partial charge in [0.25, 0.3) is 5.91 Å². The van der Waals surface area contributed by atoms with E-state index in [1.165, 1.54) is 9.80 Å². The molecule has 1 atom stereocenters. The average Bonchev–Trinajstić information content (AvgIpc) is 2.67. The third-order valence-electron chi connectivity index (χ3n) is 3.01. The molecule has 5 nitrogen and oxygen atoms in total. The Balaban J connectivity index is 2.29. The Hall–Kier alpha value is -1.59. The molecule has 6 heteroatoms. The number of anilines is 1. The lowest BCUT2D eigenvalue weighted by Gasteiger charge is -2.18. The summed E-state index contributed by atoms with van der Waals surface area (Å²) in [7, 11) is 3.29. The van der Waals surface area contributed by atoms with Gasteiger partial charge < -0.3 is 14.9 Å². The number of nitrogens with zero attached hydrogens (tertiary/aromatic N) is 2. The van der Waals surface area contributed by atoms with Gasteiger partial charge in [0.1, 0.15) is 0 Å². The molecule has 2 amide bonds. The molecule has 1 unspecified atom stereocenters. The van der Waals surface area contributed by atoms with Crippen LogP contribution in [0.4, 0.5) is 5.69 Å². The quantitative estimate of drug-likeness (QED) is 0.885. The molecule has 0 bridgehead atoms. The van der Waals surface area contributed by atoms with E-state index in [1.807, 2.05) is 0 Å². The zero-order chi connectivity index (χ0) is 14.2. The highest BCUT2D eigenvalue weighted by Gasteiger charge is 2.29. The maximum Gasteiger partial charge on any atom is 0.254 e. The minimum absolute atomic E-state index is 0.121. The number of aliphatic hydroxyl groups excluding tert-OH is 1. The van der Waals surface area contributed by atoms with Crippen LogP contribution >= 0.6 is 11.6 Å². The summed E-state index contributed by atoms with van der Waals surface area (Å²) in [5.41, 5.74) is 0.990. The standard InChI is InChI=1S/C13H15ClN2O3/c1-15(2)13(19)10-4-3-8(5-11(10)14)16-7-9(17)6-12(16)18/h3-5,9,17H,6-7H2,1-2H3. The fourth-order valence-corrected chi connectivity index (χ4v) is 2.28. The molecule has 102 valence electrons. The molecule has 2 rings (SSSR count). The van der Waals surface area contributed by atoms with Gasteiger partial charge in [0.15, 0.2) is 0 Å². The first-order chi connectivity index (χ1) is 8.90. The summed E-state index contributed by atoms with van der Waals surface area (Å²) >= 11 is 6.08. The van der Waals surface area contributed by atoms with E-state index >= 15 is 0 Å². The van der Waals surface area contributed by atoms with Crippen molar-refractivity contribution < 1.29 is 14.7 Å². The minimum Gasteiger partial charge on any atom is -0.391 e. The second-order valence-corrected chi connectivity index (χ2v) is 5.13. The molecule has 1 aromatic carbocycles. The van der Waals surface area contributed by atoms with E-state index in [1.54, 1.807) is 32.3 Å². The number of aliphatic hydroxyl groups is 1. The monoisotopic (exact) mass is 282 g/mol. The van der Waals surface area contributed by atoms with Crippen molar-refractivity contribution in [1.29, 1.82) is 0 Å². The van der Waals surface area contributed by atoms with Gasteiger partial charge in [-0.2, -0.15) is 0 Å². The maximum absolute atomic E-state index is 11.8. The van der Waals surface area contributed by atoms with Crippen LogP contribution in [0.15, 0.2) is 18.2 Å². The summed E-state index contributed by atoms with van der Waals surface area (Å²) in [6, 6.07) is 4.84. The van der Waals surface area contributed by atoms with Gasteiger partial charge in [0, 0.05) is 19.8 Å². The van der Waals surface area contributed by atoms with Crippen molar-refractivity contribution in [3.63, 3.8) is 0 Å². The van der Waals surface area contributed by atoms with Crippen LogP contribution in [0.2, 0.25) is 5.02 Å². The van der Waals surface area contributed by atoms with E-state index in [0.29, 0.717) is 16.3 Å². The fourth-order valence-electron chi connectivity index (χ4n) is 2.02. The van der Waals surface area contributed by atoms with Gasteiger partial charge >= 0.3 is 0 Å². The van der Waals surface area contributed by atoms with E-state index in [0.717, 1.165) is 0 Å². The molecule has 0 radical (unpaired) electrons.